The summed E-state index contributed by atoms with van der Waals surface area (Å²) in [6, 6.07) is 10.1. The molecular weight excluding hydrogens is 586 g/mol. The number of alkyl halides is 1. The fraction of sp³-hybridized carbons (Fsp3) is 0.472. The number of aromatic nitrogens is 4. The Labute approximate surface area is 268 Å². The summed E-state index contributed by atoms with van der Waals surface area (Å²) in [6.07, 6.45) is 9.07. The number of nitrogens with one attached hydrogen (secondary N) is 1. The highest BCUT2D eigenvalue weighted by molar-refractivity contribution is 5.98. The molecule has 1 aromatic carbocycles. The lowest BCUT2D eigenvalue weighted by molar-refractivity contribution is -0.139. The van der Waals surface area contributed by atoms with Crippen molar-refractivity contribution >= 4 is 16.8 Å². The molecule has 1 aliphatic carbocycles. The Balaban J connectivity index is 1.12. The zero-order valence-corrected chi connectivity index (χ0v) is 26.4. The molecule has 8 nitrogen and oxygen atoms in total. The minimum absolute atomic E-state index is 0.134. The van der Waals surface area contributed by atoms with Crippen LogP contribution >= 0.6 is 0 Å². The fourth-order valence-electron chi connectivity index (χ4n) is 7.08. The lowest BCUT2D eigenvalue weighted by atomic mass is 9.77. The van der Waals surface area contributed by atoms with E-state index in [4.69, 9.17) is 4.74 Å². The van der Waals surface area contributed by atoms with E-state index in [1.165, 1.54) is 6.07 Å². The number of carbonyl (C=O) groups is 1. The van der Waals surface area contributed by atoms with E-state index in [1.807, 2.05) is 38.1 Å². The maximum absolute atomic E-state index is 15.6. The molecule has 2 atom stereocenters. The highest BCUT2D eigenvalue weighted by Gasteiger charge is 2.41. The molecule has 0 saturated carbocycles. The van der Waals surface area contributed by atoms with Crippen molar-refractivity contribution < 1.29 is 18.3 Å². The van der Waals surface area contributed by atoms with Crippen LogP contribution in [0.5, 0.6) is 0 Å². The van der Waals surface area contributed by atoms with Crippen LogP contribution in [0.3, 0.4) is 0 Å². The van der Waals surface area contributed by atoms with Crippen LogP contribution in [0.15, 0.2) is 55.0 Å². The number of halogens is 2. The summed E-state index contributed by atoms with van der Waals surface area (Å²) in [6.45, 7) is 8.31. The molecule has 1 amide bonds. The lowest BCUT2D eigenvalue weighted by Crippen LogP contribution is -2.51. The van der Waals surface area contributed by atoms with Crippen molar-refractivity contribution in [2.75, 3.05) is 32.8 Å². The molecule has 1 spiro atoms. The number of ether oxygens (including phenoxy) is 1. The second kappa shape index (κ2) is 12.4. The molecule has 2 fully saturated rings. The third-order valence-corrected chi connectivity index (χ3v) is 10.4. The number of amides is 1. The van der Waals surface area contributed by atoms with E-state index in [-0.39, 0.29) is 35.4 Å². The van der Waals surface area contributed by atoms with E-state index in [0.29, 0.717) is 30.1 Å². The molecule has 3 aromatic heterocycles. The fourth-order valence-corrected chi connectivity index (χ4v) is 7.08. The molecule has 0 bridgehead atoms. The molecule has 4 aromatic rings. The van der Waals surface area contributed by atoms with Crippen LogP contribution in [0.4, 0.5) is 8.78 Å². The van der Waals surface area contributed by atoms with Gasteiger partial charge in [0.15, 0.2) is 0 Å². The monoisotopic (exact) mass is 626 g/mol. The first-order chi connectivity index (χ1) is 22.2. The smallest absolute Gasteiger partial charge is 0.251 e. The Morgan fingerprint density at radius 1 is 1.07 bits per heavy atom. The van der Waals surface area contributed by atoms with Gasteiger partial charge in [-0.3, -0.25) is 9.78 Å². The number of fused-ring (bicyclic) bond motifs is 2. The van der Waals surface area contributed by atoms with Gasteiger partial charge in [0.2, 0.25) is 0 Å². The van der Waals surface area contributed by atoms with Gasteiger partial charge in [-0.25, -0.2) is 13.8 Å². The normalized spacial score (nSPS) is 21.6. The molecule has 0 unspecified atom stereocenters. The Morgan fingerprint density at radius 2 is 1.89 bits per heavy atom. The van der Waals surface area contributed by atoms with Crippen molar-refractivity contribution in [3.8, 4) is 11.3 Å². The number of hydrogen-bond donors (Lipinski definition) is 1. The van der Waals surface area contributed by atoms with Crippen LogP contribution in [-0.2, 0) is 17.6 Å². The van der Waals surface area contributed by atoms with Gasteiger partial charge in [0.1, 0.15) is 17.0 Å². The van der Waals surface area contributed by atoms with Crippen molar-refractivity contribution in [2.45, 2.75) is 64.1 Å². The number of pyridine rings is 2. The van der Waals surface area contributed by atoms with Crippen molar-refractivity contribution in [1.29, 1.82) is 0 Å². The highest BCUT2D eigenvalue weighted by Crippen LogP contribution is 2.39. The molecule has 1 N–H and O–H groups in total. The predicted molar refractivity (Wildman–Crippen MR) is 171 cm³/mol. The van der Waals surface area contributed by atoms with Gasteiger partial charge < -0.3 is 15.0 Å². The van der Waals surface area contributed by atoms with Crippen molar-refractivity contribution in [3.63, 3.8) is 0 Å². The van der Waals surface area contributed by atoms with E-state index in [9.17, 15) is 4.79 Å². The zero-order valence-electron chi connectivity index (χ0n) is 26.4. The van der Waals surface area contributed by atoms with Gasteiger partial charge in [0.25, 0.3) is 5.91 Å². The van der Waals surface area contributed by atoms with Gasteiger partial charge in [-0.2, -0.15) is 10.2 Å². The predicted octanol–water partition coefficient (Wildman–Crippen LogP) is 6.05. The first-order valence-electron chi connectivity index (χ1n) is 16.4. The summed E-state index contributed by atoms with van der Waals surface area (Å²) in [4.78, 5) is 25.4. The first-order valence-corrected chi connectivity index (χ1v) is 16.4. The van der Waals surface area contributed by atoms with Crippen LogP contribution in [0.25, 0.3) is 22.2 Å². The van der Waals surface area contributed by atoms with Gasteiger partial charge in [-0.05, 0) is 92.6 Å². The number of aryl methyl sites for hydroxylation is 1. The molecule has 7 rings (SSSR count). The third-order valence-electron chi connectivity index (χ3n) is 10.4. The van der Waals surface area contributed by atoms with Gasteiger partial charge in [0, 0.05) is 46.8 Å². The largest absolute Gasteiger partial charge is 0.380 e. The lowest BCUT2D eigenvalue weighted by Gasteiger charge is -2.47. The molecule has 46 heavy (non-hydrogen) atoms. The van der Waals surface area contributed by atoms with Gasteiger partial charge in [-0.1, -0.05) is 19.9 Å². The van der Waals surface area contributed by atoms with E-state index < -0.39 is 11.5 Å². The molecule has 5 heterocycles. The van der Waals surface area contributed by atoms with Crippen molar-refractivity contribution in [1.82, 2.24) is 30.4 Å². The summed E-state index contributed by atoms with van der Waals surface area (Å²) in [5.74, 6) is -1.07. The Kier molecular flexibility index (Phi) is 8.27. The molecular formula is C36H40F2N6O2. The maximum atomic E-state index is 15.6. The topological polar surface area (TPSA) is 93.1 Å². The molecule has 2 aliphatic heterocycles. The number of nitrogens with zero attached hydrogens (tertiary/aromatic N) is 5. The third kappa shape index (κ3) is 6.12. The Hall–Kier alpha value is -3.89. The number of hydrogen-bond acceptors (Lipinski definition) is 7. The van der Waals surface area contributed by atoms with Crippen LogP contribution in [0.1, 0.15) is 72.8 Å². The minimum Gasteiger partial charge on any atom is -0.380 e. The number of piperidine rings is 1. The summed E-state index contributed by atoms with van der Waals surface area (Å²) in [7, 11) is 0. The summed E-state index contributed by atoms with van der Waals surface area (Å²) < 4.78 is 36.5. The number of rotatable bonds is 8. The van der Waals surface area contributed by atoms with E-state index in [1.54, 1.807) is 24.7 Å². The second-order valence-electron chi connectivity index (χ2n) is 13.7. The van der Waals surface area contributed by atoms with E-state index in [0.717, 1.165) is 73.8 Å². The molecule has 2 saturated heterocycles. The highest BCUT2D eigenvalue weighted by atomic mass is 19.1. The molecule has 240 valence electrons. The number of carbonyl (C=O) groups excluding carboxylic acids is 1. The van der Waals surface area contributed by atoms with Crippen LogP contribution in [-0.4, -0.2) is 69.5 Å². The van der Waals surface area contributed by atoms with E-state index >= 15 is 8.78 Å². The van der Waals surface area contributed by atoms with Crippen molar-refractivity contribution in [3.05, 3.63) is 83.2 Å². The maximum Gasteiger partial charge on any atom is 0.251 e. The van der Waals surface area contributed by atoms with Crippen LogP contribution < -0.4 is 5.32 Å². The molecule has 0 radical (unpaired) electrons. The van der Waals surface area contributed by atoms with Gasteiger partial charge in [-0.15, -0.1) is 0 Å². The van der Waals surface area contributed by atoms with Crippen LogP contribution in [0.2, 0.25) is 0 Å². The first kappa shape index (κ1) is 30.7. The Bertz CT molecular complexity index is 1720. The van der Waals surface area contributed by atoms with E-state index in [2.05, 4.69) is 30.4 Å². The SMILES string of the molecule is CC(C)[C@]1(F)CCc2nc3c(F)cc(C(=O)N[C@H](CCN4CCC5(CC4)COC5)c4ccc(-c5ccnnc5)nc4)cc3cc2C1. The summed E-state index contributed by atoms with van der Waals surface area (Å²) >= 11 is 0. The van der Waals surface area contributed by atoms with Gasteiger partial charge >= 0.3 is 0 Å². The Morgan fingerprint density at radius 3 is 2.57 bits per heavy atom. The quantitative estimate of drug-likeness (QED) is 0.255. The standard InChI is InChI=1S/C36H40F2N6O2/c1-23(2)36(38)8-5-31-28(18-36)16-26-15-27(17-29(37)33(26)42-31)34(45)43-32(7-12-44-13-9-35(10-14-44)21-46-22-35)24-3-4-30(39-19-24)25-6-11-40-41-20-25/h3-4,6,11,15-17,19-20,23,32H,5,7-10,12-14,18,21-22H2,1-2H3,(H,43,45)/t32-,36+/m1/s1. The second-order valence-corrected chi connectivity index (χ2v) is 13.7. The average molecular weight is 627 g/mol. The van der Waals surface area contributed by atoms with Crippen molar-refractivity contribution in [2.24, 2.45) is 11.3 Å². The molecule has 10 heteroatoms. The number of benzene rings is 1. The van der Waals surface area contributed by atoms with Crippen LogP contribution in [0, 0.1) is 17.2 Å². The average Bonchev–Trinajstić information content (AvgIpc) is 3.05. The summed E-state index contributed by atoms with van der Waals surface area (Å²) in [5, 5.41) is 11.5. The molecule has 3 aliphatic rings. The van der Waals surface area contributed by atoms with Gasteiger partial charge in [0.05, 0.1) is 37.3 Å². The minimum atomic E-state index is -1.32. The summed E-state index contributed by atoms with van der Waals surface area (Å²) in [5.41, 5.74) is 3.46. The number of likely N-dealkylation sites (tertiary alicyclic amines) is 1. The zero-order chi connectivity index (χ0) is 31.9.